The zero-order valence-corrected chi connectivity index (χ0v) is 11.3. The molecule has 0 heterocycles. The number of rotatable bonds is 0. The number of hydrogen-bond acceptors (Lipinski definition) is 2. The Morgan fingerprint density at radius 1 is 0.842 bits per heavy atom. The number of carbonyl (C=O) groups is 2. The van der Waals surface area contributed by atoms with Crippen LogP contribution in [0.3, 0.4) is 0 Å². The Morgan fingerprint density at radius 2 is 1.68 bits per heavy atom. The molecule has 0 spiro atoms. The quantitative estimate of drug-likeness (QED) is 0.666. The first-order chi connectivity index (χ1) is 9.24. The number of allylic oxidation sites excluding steroid dienone is 4. The maximum atomic E-state index is 11.9. The Morgan fingerprint density at radius 3 is 2.58 bits per heavy atom. The van der Waals surface area contributed by atoms with Crippen molar-refractivity contribution in [2.75, 3.05) is 0 Å². The number of ketones is 2. The SMILES string of the molecule is O=C1C=C2CCC3C(=C2CC1)CCC1C(=O)CCC13. The minimum absolute atomic E-state index is 0.308. The second-order valence-electron chi connectivity index (χ2n) is 6.60. The molecule has 2 saturated carbocycles. The van der Waals surface area contributed by atoms with Crippen LogP contribution in [0.15, 0.2) is 22.8 Å². The maximum Gasteiger partial charge on any atom is 0.156 e. The molecule has 0 aromatic rings. The monoisotopic (exact) mass is 256 g/mol. The van der Waals surface area contributed by atoms with Gasteiger partial charge in [-0.15, -0.1) is 0 Å². The third-order valence-electron chi connectivity index (χ3n) is 5.80. The first-order valence-electron chi connectivity index (χ1n) is 7.72. The molecular weight excluding hydrogens is 236 g/mol. The lowest BCUT2D eigenvalue weighted by molar-refractivity contribution is -0.122. The lowest BCUT2D eigenvalue weighted by Crippen LogP contribution is -2.32. The molecule has 2 heteroatoms. The number of carbonyl (C=O) groups excluding carboxylic acids is 2. The fraction of sp³-hybridized carbons (Fsp3) is 0.647. The van der Waals surface area contributed by atoms with Crippen molar-refractivity contribution >= 4 is 11.6 Å². The molecule has 2 nitrogen and oxygen atoms in total. The summed E-state index contributed by atoms with van der Waals surface area (Å²) in [7, 11) is 0. The first-order valence-corrected chi connectivity index (χ1v) is 7.72. The van der Waals surface area contributed by atoms with Crippen LogP contribution in [0.25, 0.3) is 0 Å². The van der Waals surface area contributed by atoms with Crippen molar-refractivity contribution in [2.45, 2.75) is 51.4 Å². The van der Waals surface area contributed by atoms with Gasteiger partial charge in [-0.05, 0) is 67.6 Å². The molecule has 0 aliphatic heterocycles. The van der Waals surface area contributed by atoms with Gasteiger partial charge in [-0.3, -0.25) is 9.59 Å². The average molecular weight is 256 g/mol. The summed E-state index contributed by atoms with van der Waals surface area (Å²) in [5.41, 5.74) is 4.46. The van der Waals surface area contributed by atoms with Crippen molar-refractivity contribution < 1.29 is 9.59 Å². The maximum absolute atomic E-state index is 11.9. The van der Waals surface area contributed by atoms with Crippen molar-refractivity contribution in [1.29, 1.82) is 0 Å². The summed E-state index contributed by atoms with van der Waals surface area (Å²) < 4.78 is 0. The smallest absolute Gasteiger partial charge is 0.156 e. The van der Waals surface area contributed by atoms with Gasteiger partial charge in [-0.25, -0.2) is 0 Å². The van der Waals surface area contributed by atoms with Gasteiger partial charge in [0.1, 0.15) is 5.78 Å². The Hall–Kier alpha value is -1.18. The van der Waals surface area contributed by atoms with Crippen LogP contribution in [0.1, 0.15) is 51.4 Å². The second kappa shape index (κ2) is 4.16. The zero-order chi connectivity index (χ0) is 13.0. The molecule has 0 N–H and O–H groups in total. The molecule has 100 valence electrons. The van der Waals surface area contributed by atoms with E-state index in [0.717, 1.165) is 38.5 Å². The molecule has 2 fully saturated rings. The first kappa shape index (κ1) is 11.6. The van der Waals surface area contributed by atoms with E-state index >= 15 is 0 Å². The normalized spacial score (nSPS) is 37.7. The fourth-order valence-electron chi connectivity index (χ4n) is 4.97. The van der Waals surface area contributed by atoms with E-state index in [1.54, 1.807) is 5.57 Å². The van der Waals surface area contributed by atoms with Crippen molar-refractivity contribution in [3.63, 3.8) is 0 Å². The van der Waals surface area contributed by atoms with E-state index in [1.807, 2.05) is 6.08 Å². The molecule has 4 aliphatic rings. The van der Waals surface area contributed by atoms with E-state index in [4.69, 9.17) is 0 Å². The van der Waals surface area contributed by atoms with Gasteiger partial charge in [0.2, 0.25) is 0 Å². The summed E-state index contributed by atoms with van der Waals surface area (Å²) in [6.07, 6.45) is 9.90. The van der Waals surface area contributed by atoms with Gasteiger partial charge < -0.3 is 0 Å². The fourth-order valence-corrected chi connectivity index (χ4v) is 4.97. The molecule has 3 atom stereocenters. The molecule has 0 radical (unpaired) electrons. The average Bonchev–Trinajstić information content (AvgIpc) is 2.80. The van der Waals surface area contributed by atoms with Crippen LogP contribution in [-0.2, 0) is 9.59 Å². The van der Waals surface area contributed by atoms with E-state index < -0.39 is 0 Å². The van der Waals surface area contributed by atoms with E-state index in [-0.39, 0.29) is 0 Å². The van der Waals surface area contributed by atoms with Crippen molar-refractivity contribution in [1.82, 2.24) is 0 Å². The number of Topliss-reactive ketones (excluding diaryl/α,β-unsaturated/α-hetero) is 1. The largest absolute Gasteiger partial charge is 0.299 e. The predicted molar refractivity (Wildman–Crippen MR) is 72.5 cm³/mol. The molecular formula is C17H20O2. The van der Waals surface area contributed by atoms with Crippen molar-refractivity contribution in [3.8, 4) is 0 Å². The summed E-state index contributed by atoms with van der Waals surface area (Å²) in [4.78, 5) is 23.5. The van der Waals surface area contributed by atoms with E-state index in [2.05, 4.69) is 0 Å². The van der Waals surface area contributed by atoms with Crippen LogP contribution in [0.4, 0.5) is 0 Å². The van der Waals surface area contributed by atoms with E-state index in [0.29, 0.717) is 35.7 Å². The summed E-state index contributed by atoms with van der Waals surface area (Å²) in [6, 6.07) is 0. The van der Waals surface area contributed by atoms with Gasteiger partial charge in [0.25, 0.3) is 0 Å². The summed E-state index contributed by atoms with van der Waals surface area (Å²) in [6.45, 7) is 0. The van der Waals surface area contributed by atoms with Crippen LogP contribution in [0.5, 0.6) is 0 Å². The minimum Gasteiger partial charge on any atom is -0.299 e. The molecule has 19 heavy (non-hydrogen) atoms. The van der Waals surface area contributed by atoms with Gasteiger partial charge in [0.15, 0.2) is 5.78 Å². The number of hydrogen-bond donors (Lipinski definition) is 0. The van der Waals surface area contributed by atoms with Crippen LogP contribution >= 0.6 is 0 Å². The highest BCUT2D eigenvalue weighted by atomic mass is 16.1. The highest BCUT2D eigenvalue weighted by Gasteiger charge is 2.45. The Balaban J connectivity index is 1.73. The van der Waals surface area contributed by atoms with Gasteiger partial charge >= 0.3 is 0 Å². The predicted octanol–water partition coefficient (Wildman–Crippen LogP) is 3.37. The molecule has 0 aromatic carbocycles. The van der Waals surface area contributed by atoms with Crippen LogP contribution in [0.2, 0.25) is 0 Å². The highest BCUT2D eigenvalue weighted by Crippen LogP contribution is 2.53. The third-order valence-corrected chi connectivity index (χ3v) is 5.80. The van der Waals surface area contributed by atoms with Gasteiger partial charge in [0, 0.05) is 18.8 Å². The summed E-state index contributed by atoms with van der Waals surface area (Å²) in [5, 5.41) is 0. The minimum atomic E-state index is 0.308. The summed E-state index contributed by atoms with van der Waals surface area (Å²) in [5.74, 6) is 2.48. The topological polar surface area (TPSA) is 34.1 Å². The second-order valence-corrected chi connectivity index (χ2v) is 6.60. The molecule has 4 rings (SSSR count). The Bertz CT molecular complexity index is 523. The zero-order valence-electron chi connectivity index (χ0n) is 11.3. The summed E-state index contributed by atoms with van der Waals surface area (Å²) >= 11 is 0. The molecule has 0 aromatic heterocycles. The standard InChI is InChI=1S/C17H20O2/c18-11-2-4-12-10(9-11)1-3-14-13(12)5-6-16-15(14)7-8-17(16)19/h9,14-16H,1-8H2. The van der Waals surface area contributed by atoms with Crippen molar-refractivity contribution in [2.24, 2.45) is 17.8 Å². The Kier molecular flexibility index (Phi) is 2.54. The molecule has 0 saturated heterocycles. The highest BCUT2D eigenvalue weighted by molar-refractivity contribution is 5.93. The molecule has 4 aliphatic carbocycles. The van der Waals surface area contributed by atoms with Crippen LogP contribution < -0.4 is 0 Å². The number of fused-ring (bicyclic) bond motifs is 4. The van der Waals surface area contributed by atoms with Crippen LogP contribution in [0, 0.1) is 17.8 Å². The molecule has 0 bridgehead atoms. The van der Waals surface area contributed by atoms with Gasteiger partial charge in [0.05, 0.1) is 0 Å². The molecule has 0 amide bonds. The van der Waals surface area contributed by atoms with E-state index in [1.165, 1.54) is 17.6 Å². The van der Waals surface area contributed by atoms with Crippen LogP contribution in [-0.4, -0.2) is 11.6 Å². The van der Waals surface area contributed by atoms with Gasteiger partial charge in [-0.1, -0.05) is 5.57 Å². The third kappa shape index (κ3) is 1.69. The van der Waals surface area contributed by atoms with Crippen molar-refractivity contribution in [3.05, 3.63) is 22.8 Å². The van der Waals surface area contributed by atoms with E-state index in [9.17, 15) is 9.59 Å². The lowest BCUT2D eigenvalue weighted by Gasteiger charge is -2.41. The van der Waals surface area contributed by atoms with Gasteiger partial charge in [-0.2, -0.15) is 0 Å². The molecule has 3 unspecified atom stereocenters. The lowest BCUT2D eigenvalue weighted by atomic mass is 9.63. The Labute approximate surface area is 113 Å².